The number of carbonyl (C=O) groups excluding carboxylic acids is 2. The summed E-state index contributed by atoms with van der Waals surface area (Å²) in [6.07, 6.45) is 5.43. The Hall–Kier alpha value is -1.10. The zero-order valence-electron chi connectivity index (χ0n) is 12.6. The molecule has 0 heterocycles. The van der Waals surface area contributed by atoms with Crippen molar-refractivity contribution in [2.24, 2.45) is 17.8 Å². The number of methoxy groups -OCH3 is 1. The van der Waals surface area contributed by atoms with Gasteiger partial charge in [0.25, 0.3) is 0 Å². The van der Waals surface area contributed by atoms with Crippen LogP contribution in [0.1, 0.15) is 39.5 Å². The van der Waals surface area contributed by atoms with Crippen molar-refractivity contribution in [1.82, 2.24) is 10.6 Å². The predicted molar refractivity (Wildman–Crippen MR) is 76.0 cm³/mol. The first-order valence-electron chi connectivity index (χ1n) is 7.59. The molecule has 0 aromatic carbocycles. The molecule has 1 amide bonds. The topological polar surface area (TPSA) is 67.4 Å². The molecule has 2 aliphatic rings. The summed E-state index contributed by atoms with van der Waals surface area (Å²) in [5, 5.41) is 6.05. The Morgan fingerprint density at radius 1 is 1.30 bits per heavy atom. The maximum atomic E-state index is 11.6. The van der Waals surface area contributed by atoms with E-state index in [9.17, 15) is 9.59 Å². The molecule has 2 saturated carbocycles. The summed E-state index contributed by atoms with van der Waals surface area (Å²) in [7, 11) is 1.34. The number of fused-ring (bicyclic) bond motifs is 2. The normalized spacial score (nSPS) is 30.9. The first kappa shape index (κ1) is 15.3. The Labute approximate surface area is 120 Å². The van der Waals surface area contributed by atoms with Crippen LogP contribution in [0.4, 0.5) is 0 Å². The highest BCUT2D eigenvalue weighted by atomic mass is 16.5. The molecule has 0 aromatic rings. The van der Waals surface area contributed by atoms with Gasteiger partial charge in [-0.2, -0.15) is 0 Å². The summed E-state index contributed by atoms with van der Waals surface area (Å²) >= 11 is 0. The second-order valence-corrected chi connectivity index (χ2v) is 6.31. The molecule has 2 fully saturated rings. The molecule has 0 aromatic heterocycles. The van der Waals surface area contributed by atoms with Crippen molar-refractivity contribution in [3.63, 3.8) is 0 Å². The lowest BCUT2D eigenvalue weighted by Crippen LogP contribution is -2.50. The van der Waals surface area contributed by atoms with Gasteiger partial charge in [-0.3, -0.25) is 4.79 Å². The van der Waals surface area contributed by atoms with E-state index < -0.39 is 12.0 Å². The average molecular weight is 282 g/mol. The molecule has 5 atom stereocenters. The van der Waals surface area contributed by atoms with Crippen molar-refractivity contribution < 1.29 is 14.3 Å². The standard InChI is InChI=1S/C15H26N2O3/c1-9(13-7-11-4-5-12(13)6-11)16-8-14(15(19)20-3)17-10(2)18/h9,11-14,16H,4-8H2,1-3H3,(H,17,18). The molecule has 2 rings (SSSR count). The fraction of sp³-hybridized carbons (Fsp3) is 0.867. The van der Waals surface area contributed by atoms with Gasteiger partial charge < -0.3 is 15.4 Å². The van der Waals surface area contributed by atoms with Crippen molar-refractivity contribution in [2.45, 2.75) is 51.6 Å². The Morgan fingerprint density at radius 2 is 2.05 bits per heavy atom. The third-order valence-electron chi connectivity index (χ3n) is 4.94. The predicted octanol–water partition coefficient (Wildman–Crippen LogP) is 1.08. The molecule has 5 nitrogen and oxygen atoms in total. The number of amides is 1. The van der Waals surface area contributed by atoms with Crippen molar-refractivity contribution in [2.75, 3.05) is 13.7 Å². The van der Waals surface area contributed by atoms with E-state index in [-0.39, 0.29) is 5.91 Å². The molecule has 2 aliphatic carbocycles. The SMILES string of the molecule is COC(=O)C(CNC(C)C1CC2CCC1C2)NC(C)=O. The van der Waals surface area contributed by atoms with Crippen LogP contribution >= 0.6 is 0 Å². The number of esters is 1. The van der Waals surface area contributed by atoms with Crippen LogP contribution in [-0.4, -0.2) is 37.6 Å². The lowest BCUT2D eigenvalue weighted by Gasteiger charge is -2.29. The van der Waals surface area contributed by atoms with Crippen molar-refractivity contribution in [3.05, 3.63) is 0 Å². The summed E-state index contributed by atoms with van der Waals surface area (Å²) < 4.78 is 4.73. The number of hydrogen-bond donors (Lipinski definition) is 2. The van der Waals surface area contributed by atoms with E-state index in [4.69, 9.17) is 4.74 Å². The van der Waals surface area contributed by atoms with E-state index in [1.807, 2.05) is 0 Å². The van der Waals surface area contributed by atoms with Crippen LogP contribution in [0.15, 0.2) is 0 Å². The summed E-state index contributed by atoms with van der Waals surface area (Å²) in [4.78, 5) is 22.8. The van der Waals surface area contributed by atoms with E-state index in [0.29, 0.717) is 18.5 Å². The first-order chi connectivity index (χ1) is 9.51. The number of rotatable bonds is 6. The van der Waals surface area contributed by atoms with Crippen molar-refractivity contribution >= 4 is 11.9 Å². The van der Waals surface area contributed by atoms with Gasteiger partial charge in [-0.1, -0.05) is 6.42 Å². The maximum Gasteiger partial charge on any atom is 0.329 e. The molecule has 0 aliphatic heterocycles. The average Bonchev–Trinajstić information content (AvgIpc) is 3.04. The van der Waals surface area contributed by atoms with Gasteiger partial charge in [0.1, 0.15) is 6.04 Å². The highest BCUT2D eigenvalue weighted by Gasteiger charge is 2.41. The van der Waals surface area contributed by atoms with Gasteiger partial charge in [0.2, 0.25) is 5.91 Å². The highest BCUT2D eigenvalue weighted by Crippen LogP contribution is 2.49. The minimum atomic E-state index is -0.599. The van der Waals surface area contributed by atoms with Crippen LogP contribution in [0.5, 0.6) is 0 Å². The van der Waals surface area contributed by atoms with Crippen LogP contribution in [0.2, 0.25) is 0 Å². The van der Waals surface area contributed by atoms with Crippen LogP contribution in [0.3, 0.4) is 0 Å². The monoisotopic (exact) mass is 282 g/mol. The largest absolute Gasteiger partial charge is 0.467 e. The summed E-state index contributed by atoms with van der Waals surface area (Å²) in [5.74, 6) is 1.87. The molecular formula is C15H26N2O3. The van der Waals surface area contributed by atoms with Gasteiger partial charge in [-0.15, -0.1) is 0 Å². The number of carbonyl (C=O) groups is 2. The molecule has 0 spiro atoms. The lowest BCUT2D eigenvalue weighted by atomic mass is 9.84. The van der Waals surface area contributed by atoms with Gasteiger partial charge in [0, 0.05) is 19.5 Å². The molecule has 5 heteroatoms. The summed E-state index contributed by atoms with van der Waals surface area (Å²) in [6, 6.07) is -0.218. The molecule has 20 heavy (non-hydrogen) atoms. The van der Waals surface area contributed by atoms with Gasteiger partial charge in [0.05, 0.1) is 7.11 Å². The molecule has 0 saturated heterocycles. The molecular weight excluding hydrogens is 256 g/mol. The number of ether oxygens (including phenoxy) is 1. The van der Waals surface area contributed by atoms with Gasteiger partial charge >= 0.3 is 5.97 Å². The van der Waals surface area contributed by atoms with E-state index >= 15 is 0 Å². The Kier molecular flexibility index (Phi) is 5.02. The van der Waals surface area contributed by atoms with Gasteiger partial charge in [0.15, 0.2) is 0 Å². The molecule has 2 bridgehead atoms. The van der Waals surface area contributed by atoms with E-state index in [1.54, 1.807) is 0 Å². The van der Waals surface area contributed by atoms with Crippen LogP contribution in [-0.2, 0) is 14.3 Å². The Bertz CT molecular complexity index is 372. The fourth-order valence-corrected chi connectivity index (χ4v) is 3.94. The molecule has 2 N–H and O–H groups in total. The maximum absolute atomic E-state index is 11.6. The van der Waals surface area contributed by atoms with Gasteiger partial charge in [-0.25, -0.2) is 4.79 Å². The molecule has 5 unspecified atom stereocenters. The number of nitrogens with one attached hydrogen (secondary N) is 2. The second-order valence-electron chi connectivity index (χ2n) is 6.31. The highest BCUT2D eigenvalue weighted by molar-refractivity contribution is 5.83. The van der Waals surface area contributed by atoms with Crippen LogP contribution in [0.25, 0.3) is 0 Å². The zero-order valence-corrected chi connectivity index (χ0v) is 12.6. The second kappa shape index (κ2) is 6.57. The minimum absolute atomic E-state index is 0.213. The van der Waals surface area contributed by atoms with E-state index in [0.717, 1.165) is 11.8 Å². The van der Waals surface area contributed by atoms with Crippen molar-refractivity contribution in [3.8, 4) is 0 Å². The third kappa shape index (κ3) is 3.51. The smallest absolute Gasteiger partial charge is 0.329 e. The van der Waals surface area contributed by atoms with E-state index in [2.05, 4.69) is 17.6 Å². The number of hydrogen-bond acceptors (Lipinski definition) is 4. The van der Waals surface area contributed by atoms with Crippen LogP contribution in [0, 0.1) is 17.8 Å². The zero-order chi connectivity index (χ0) is 14.7. The minimum Gasteiger partial charge on any atom is -0.467 e. The fourth-order valence-electron chi connectivity index (χ4n) is 3.94. The lowest BCUT2D eigenvalue weighted by molar-refractivity contribution is -0.144. The molecule has 114 valence electrons. The summed E-state index contributed by atoms with van der Waals surface area (Å²) in [6.45, 7) is 4.03. The third-order valence-corrected chi connectivity index (χ3v) is 4.94. The quantitative estimate of drug-likeness (QED) is 0.715. The Morgan fingerprint density at radius 3 is 2.55 bits per heavy atom. The summed E-state index contributed by atoms with van der Waals surface area (Å²) in [5.41, 5.74) is 0. The first-order valence-corrected chi connectivity index (χ1v) is 7.59. The van der Waals surface area contributed by atoms with Crippen LogP contribution < -0.4 is 10.6 Å². The molecule has 0 radical (unpaired) electrons. The van der Waals surface area contributed by atoms with Gasteiger partial charge in [-0.05, 0) is 43.9 Å². The Balaban J connectivity index is 1.82. The van der Waals surface area contributed by atoms with E-state index in [1.165, 1.54) is 39.7 Å². The van der Waals surface area contributed by atoms with Crippen molar-refractivity contribution in [1.29, 1.82) is 0 Å².